The first-order valence-corrected chi connectivity index (χ1v) is 3.70. The molecule has 7 nitrogen and oxygen atoms in total. The van der Waals surface area contributed by atoms with Crippen molar-refractivity contribution in [2.75, 3.05) is 0 Å². The summed E-state index contributed by atoms with van der Waals surface area (Å²) in [7, 11) is 0. The number of nitrogens with zero attached hydrogens (tertiary/aromatic N) is 1. The lowest BCUT2D eigenvalue weighted by molar-refractivity contribution is 0.424. The van der Waals surface area contributed by atoms with E-state index in [4.69, 9.17) is 10.2 Å². The summed E-state index contributed by atoms with van der Waals surface area (Å²) in [5, 5.41) is 27.2. The molecule has 74 valence electrons. The number of imidazole rings is 1. The highest BCUT2D eigenvalue weighted by molar-refractivity contribution is 5.46. The molecule has 2 rings (SSSR count). The Hall–Kier alpha value is -2.31. The lowest BCUT2D eigenvalue weighted by Gasteiger charge is -1.94. The molecule has 0 bridgehead atoms. The van der Waals surface area contributed by atoms with Gasteiger partial charge in [0.2, 0.25) is 11.8 Å². The van der Waals surface area contributed by atoms with Crippen LogP contribution in [-0.4, -0.2) is 29.9 Å². The second-order valence-electron chi connectivity index (χ2n) is 2.70. The van der Waals surface area contributed by atoms with Crippen molar-refractivity contribution in [3.63, 3.8) is 0 Å². The Bertz CT molecular complexity index is 521. The molecule has 0 aliphatic rings. The second kappa shape index (κ2) is 2.59. The van der Waals surface area contributed by atoms with Crippen molar-refractivity contribution < 1.29 is 15.3 Å². The van der Waals surface area contributed by atoms with E-state index in [1.54, 1.807) is 0 Å². The van der Waals surface area contributed by atoms with Gasteiger partial charge in [-0.3, -0.25) is 14.5 Å². The zero-order valence-electron chi connectivity index (χ0n) is 6.85. The van der Waals surface area contributed by atoms with Gasteiger partial charge in [0.05, 0.1) is 6.20 Å². The van der Waals surface area contributed by atoms with Gasteiger partial charge in [-0.25, -0.2) is 4.79 Å². The highest BCUT2D eigenvalue weighted by Gasteiger charge is 2.11. The van der Waals surface area contributed by atoms with E-state index in [-0.39, 0.29) is 23.3 Å². The average molecular weight is 197 g/mol. The molecule has 2 aromatic rings. The molecule has 0 radical (unpaired) electrons. The van der Waals surface area contributed by atoms with E-state index < -0.39 is 5.69 Å². The number of aromatic nitrogens is 3. The smallest absolute Gasteiger partial charge is 0.333 e. The van der Waals surface area contributed by atoms with Gasteiger partial charge in [0.25, 0.3) is 0 Å². The normalized spacial score (nSPS) is 10.6. The van der Waals surface area contributed by atoms with Gasteiger partial charge in [-0.1, -0.05) is 0 Å². The lowest BCUT2D eigenvalue weighted by atomic mass is 10.5. The van der Waals surface area contributed by atoms with E-state index in [1.807, 2.05) is 0 Å². The van der Waals surface area contributed by atoms with Crippen LogP contribution in [0.5, 0.6) is 17.6 Å². The van der Waals surface area contributed by atoms with E-state index >= 15 is 0 Å². The van der Waals surface area contributed by atoms with Crippen LogP contribution in [0.4, 0.5) is 0 Å². The Morgan fingerprint density at radius 2 is 1.86 bits per heavy atom. The molecule has 7 heteroatoms. The Kier molecular flexibility index (Phi) is 1.53. The Balaban J connectivity index is 2.65. The largest absolute Gasteiger partial charge is 0.494 e. The summed E-state index contributed by atoms with van der Waals surface area (Å²) in [5.41, 5.74) is -0.555. The van der Waals surface area contributed by atoms with Crippen LogP contribution in [0.1, 0.15) is 0 Å². The van der Waals surface area contributed by atoms with Crippen molar-refractivity contribution in [3.8, 4) is 23.3 Å². The fraction of sp³-hybridized carbons (Fsp3) is 0. The number of hydrogen-bond donors (Lipinski definition) is 5. The SMILES string of the molecule is O=c1[nH]c(O)cn1-c1cc(O)[nH]c1O. The molecule has 0 aliphatic heterocycles. The summed E-state index contributed by atoms with van der Waals surface area (Å²) >= 11 is 0. The van der Waals surface area contributed by atoms with Crippen molar-refractivity contribution in [3.05, 3.63) is 22.7 Å². The minimum absolute atomic E-state index is 0.0593. The molecule has 5 N–H and O–H groups in total. The predicted octanol–water partition coefficient (Wildman–Crippen LogP) is -0.390. The summed E-state index contributed by atoms with van der Waals surface area (Å²) < 4.78 is 0.959. The molecule has 0 aliphatic carbocycles. The molecule has 0 saturated heterocycles. The fourth-order valence-electron chi connectivity index (χ4n) is 1.16. The number of rotatable bonds is 1. The third-order valence-electron chi connectivity index (χ3n) is 1.73. The van der Waals surface area contributed by atoms with Crippen molar-refractivity contribution >= 4 is 0 Å². The van der Waals surface area contributed by atoms with Gasteiger partial charge in [-0.15, -0.1) is 0 Å². The van der Waals surface area contributed by atoms with E-state index in [0.717, 1.165) is 16.8 Å². The maximum absolute atomic E-state index is 11.1. The van der Waals surface area contributed by atoms with Gasteiger partial charge < -0.3 is 15.3 Å². The first kappa shape index (κ1) is 8.30. The second-order valence-corrected chi connectivity index (χ2v) is 2.70. The zero-order chi connectivity index (χ0) is 10.3. The molecule has 2 heterocycles. The van der Waals surface area contributed by atoms with Crippen molar-refractivity contribution in [1.82, 2.24) is 14.5 Å². The lowest BCUT2D eigenvalue weighted by Crippen LogP contribution is -2.13. The van der Waals surface area contributed by atoms with Crippen LogP contribution < -0.4 is 5.69 Å². The summed E-state index contributed by atoms with van der Waals surface area (Å²) in [6.45, 7) is 0. The highest BCUT2D eigenvalue weighted by Crippen LogP contribution is 2.24. The average Bonchev–Trinajstić information content (AvgIpc) is 2.55. The predicted molar refractivity (Wildman–Crippen MR) is 45.7 cm³/mol. The molecule has 0 spiro atoms. The van der Waals surface area contributed by atoms with Gasteiger partial charge in [0.1, 0.15) is 5.69 Å². The van der Waals surface area contributed by atoms with Crippen LogP contribution in [0, 0.1) is 0 Å². The number of nitrogens with one attached hydrogen (secondary N) is 2. The van der Waals surface area contributed by atoms with Gasteiger partial charge in [0.15, 0.2) is 5.88 Å². The Morgan fingerprint density at radius 3 is 2.29 bits per heavy atom. The maximum atomic E-state index is 11.1. The first-order valence-electron chi connectivity index (χ1n) is 3.70. The Morgan fingerprint density at radius 1 is 1.14 bits per heavy atom. The fourth-order valence-corrected chi connectivity index (χ4v) is 1.16. The quantitative estimate of drug-likeness (QED) is 0.428. The Labute approximate surface area is 76.9 Å². The molecule has 0 fully saturated rings. The zero-order valence-corrected chi connectivity index (χ0v) is 6.85. The molecule has 0 atom stereocenters. The standard InChI is InChI=1S/C7H7N3O4/c11-4-1-3(6(13)8-4)10-2-5(12)9-7(10)14/h1-2,8,11-13H,(H,9,14). The van der Waals surface area contributed by atoms with E-state index in [1.165, 1.54) is 0 Å². The van der Waals surface area contributed by atoms with Crippen LogP contribution in [0.25, 0.3) is 5.69 Å². The number of hydrogen-bond acceptors (Lipinski definition) is 4. The van der Waals surface area contributed by atoms with Crippen LogP contribution >= 0.6 is 0 Å². The first-order chi connectivity index (χ1) is 6.58. The monoisotopic (exact) mass is 197 g/mol. The molecular formula is C7H7N3O4. The molecule has 2 aromatic heterocycles. The third kappa shape index (κ3) is 1.11. The number of H-pyrrole nitrogens is 2. The van der Waals surface area contributed by atoms with Crippen LogP contribution in [0.15, 0.2) is 17.1 Å². The van der Waals surface area contributed by atoms with Crippen LogP contribution in [-0.2, 0) is 0 Å². The summed E-state index contributed by atoms with van der Waals surface area (Å²) in [5.74, 6) is -0.955. The minimum Gasteiger partial charge on any atom is -0.494 e. The van der Waals surface area contributed by atoms with Crippen molar-refractivity contribution in [2.24, 2.45) is 0 Å². The molecule has 14 heavy (non-hydrogen) atoms. The van der Waals surface area contributed by atoms with E-state index in [2.05, 4.69) is 9.97 Å². The molecule has 0 aromatic carbocycles. The van der Waals surface area contributed by atoms with Crippen molar-refractivity contribution in [1.29, 1.82) is 0 Å². The van der Waals surface area contributed by atoms with Gasteiger partial charge in [-0.2, -0.15) is 0 Å². The van der Waals surface area contributed by atoms with Crippen molar-refractivity contribution in [2.45, 2.75) is 0 Å². The molecule has 0 amide bonds. The van der Waals surface area contributed by atoms with E-state index in [9.17, 15) is 9.90 Å². The topological polar surface area (TPSA) is 114 Å². The molecule has 0 saturated carbocycles. The molecular weight excluding hydrogens is 190 g/mol. The summed E-state index contributed by atoms with van der Waals surface area (Å²) in [6.07, 6.45) is 1.09. The van der Waals surface area contributed by atoms with Crippen LogP contribution in [0.2, 0.25) is 0 Å². The number of aromatic amines is 2. The highest BCUT2D eigenvalue weighted by atomic mass is 16.3. The molecule has 0 unspecified atom stereocenters. The number of aromatic hydroxyl groups is 3. The maximum Gasteiger partial charge on any atom is 0.333 e. The van der Waals surface area contributed by atoms with E-state index in [0.29, 0.717) is 0 Å². The van der Waals surface area contributed by atoms with Gasteiger partial charge in [-0.05, 0) is 0 Å². The summed E-state index contributed by atoms with van der Waals surface area (Å²) in [4.78, 5) is 15.4. The van der Waals surface area contributed by atoms with Gasteiger partial charge >= 0.3 is 5.69 Å². The summed E-state index contributed by atoms with van der Waals surface area (Å²) in [6, 6.07) is 1.16. The third-order valence-corrected chi connectivity index (χ3v) is 1.73. The minimum atomic E-state index is -0.614. The van der Waals surface area contributed by atoms with Crippen LogP contribution in [0.3, 0.4) is 0 Å². The van der Waals surface area contributed by atoms with Gasteiger partial charge in [0, 0.05) is 6.07 Å².